The van der Waals surface area contributed by atoms with Crippen molar-refractivity contribution in [3.8, 4) is 0 Å². The van der Waals surface area contributed by atoms with Crippen LogP contribution in [0.4, 0.5) is 0 Å². The number of hydrogen-bond donors (Lipinski definition) is 1. The molecule has 2 nitrogen and oxygen atoms in total. The van der Waals surface area contributed by atoms with Gasteiger partial charge < -0.3 is 5.11 Å². The molecule has 2 aliphatic rings. The van der Waals surface area contributed by atoms with E-state index in [0.717, 1.165) is 6.54 Å². The van der Waals surface area contributed by atoms with E-state index in [4.69, 9.17) is 0 Å². The lowest BCUT2D eigenvalue weighted by molar-refractivity contribution is 0.0908. The van der Waals surface area contributed by atoms with Crippen molar-refractivity contribution in [3.63, 3.8) is 0 Å². The van der Waals surface area contributed by atoms with Gasteiger partial charge in [-0.15, -0.1) is 0 Å². The number of hydrogen-bond acceptors (Lipinski definition) is 2. The maximum Gasteiger partial charge on any atom is 0.0471 e. The topological polar surface area (TPSA) is 23.5 Å². The molecular formula is C15H21NO. The summed E-state index contributed by atoms with van der Waals surface area (Å²) in [5, 5.41) is 9.30. The Balaban J connectivity index is 1.68. The van der Waals surface area contributed by atoms with Gasteiger partial charge in [-0.2, -0.15) is 0 Å². The Hall–Kier alpha value is -0.860. The molecule has 0 bridgehead atoms. The molecule has 1 aliphatic carbocycles. The summed E-state index contributed by atoms with van der Waals surface area (Å²) in [7, 11) is 0. The lowest BCUT2D eigenvalue weighted by atomic mass is 9.97. The number of rotatable bonds is 2. The first-order chi connectivity index (χ1) is 8.36. The predicted octanol–water partition coefficient (Wildman–Crippen LogP) is 1.86. The van der Waals surface area contributed by atoms with Crippen LogP contribution in [-0.4, -0.2) is 35.7 Å². The zero-order valence-corrected chi connectivity index (χ0v) is 10.3. The number of fused-ring (bicyclic) bond motifs is 1. The molecule has 1 atom stereocenters. The van der Waals surface area contributed by atoms with E-state index in [0.29, 0.717) is 18.6 Å². The van der Waals surface area contributed by atoms with E-state index in [2.05, 4.69) is 29.2 Å². The van der Waals surface area contributed by atoms with Gasteiger partial charge in [-0.25, -0.2) is 0 Å². The molecule has 0 radical (unpaired) electrons. The molecule has 0 aromatic heterocycles. The second kappa shape index (κ2) is 4.79. The number of aliphatic hydroxyl groups is 1. The maximum absolute atomic E-state index is 9.30. The van der Waals surface area contributed by atoms with Crippen LogP contribution in [0.5, 0.6) is 0 Å². The summed E-state index contributed by atoms with van der Waals surface area (Å²) in [6, 6.07) is 9.51. The highest BCUT2D eigenvalue weighted by molar-refractivity contribution is 5.33. The van der Waals surface area contributed by atoms with Crippen molar-refractivity contribution in [1.29, 1.82) is 0 Å². The molecule has 3 rings (SSSR count). The van der Waals surface area contributed by atoms with Gasteiger partial charge in [-0.05, 0) is 49.3 Å². The molecule has 0 unspecified atom stereocenters. The van der Waals surface area contributed by atoms with Crippen LogP contribution < -0.4 is 0 Å². The predicted molar refractivity (Wildman–Crippen MR) is 69.0 cm³/mol. The molecule has 0 spiro atoms. The minimum Gasteiger partial charge on any atom is -0.396 e. The van der Waals surface area contributed by atoms with Crippen LogP contribution in [0.1, 0.15) is 24.0 Å². The van der Waals surface area contributed by atoms with Gasteiger partial charge in [0.15, 0.2) is 0 Å². The molecule has 1 aliphatic heterocycles. The third-order valence-electron chi connectivity index (χ3n) is 4.35. The maximum atomic E-state index is 9.30. The first-order valence-electron chi connectivity index (χ1n) is 6.78. The summed E-state index contributed by atoms with van der Waals surface area (Å²) >= 11 is 0. The molecule has 2 heteroatoms. The minimum atomic E-state index is 0.357. The van der Waals surface area contributed by atoms with Gasteiger partial charge in [0, 0.05) is 19.2 Å². The second-order valence-electron chi connectivity index (χ2n) is 5.52. The van der Waals surface area contributed by atoms with E-state index in [1.54, 1.807) is 0 Å². The fraction of sp³-hybridized carbons (Fsp3) is 0.600. The Morgan fingerprint density at radius 2 is 1.88 bits per heavy atom. The van der Waals surface area contributed by atoms with E-state index in [9.17, 15) is 5.11 Å². The van der Waals surface area contributed by atoms with Gasteiger partial charge in [-0.3, -0.25) is 4.90 Å². The third kappa shape index (κ3) is 2.24. The van der Waals surface area contributed by atoms with Crippen LogP contribution in [0.25, 0.3) is 0 Å². The summed E-state index contributed by atoms with van der Waals surface area (Å²) < 4.78 is 0. The van der Waals surface area contributed by atoms with Crippen molar-refractivity contribution in [3.05, 3.63) is 35.4 Å². The van der Waals surface area contributed by atoms with Crippen molar-refractivity contribution in [2.24, 2.45) is 5.92 Å². The standard InChI is InChI=1S/C15H21NO/c17-11-12-4-3-7-16(10-12)15-8-13-5-1-2-6-14(13)9-15/h1-2,5-6,12,15,17H,3-4,7-11H2/t12-/m0/s1. The highest BCUT2D eigenvalue weighted by Crippen LogP contribution is 2.28. The average molecular weight is 231 g/mol. The highest BCUT2D eigenvalue weighted by Gasteiger charge is 2.29. The van der Waals surface area contributed by atoms with Crippen molar-refractivity contribution in [1.82, 2.24) is 4.90 Å². The Labute approximate surface area is 103 Å². The zero-order valence-electron chi connectivity index (χ0n) is 10.3. The molecule has 0 saturated carbocycles. The van der Waals surface area contributed by atoms with Gasteiger partial charge in [0.1, 0.15) is 0 Å². The molecule has 1 saturated heterocycles. The summed E-state index contributed by atoms with van der Waals surface area (Å²) in [4.78, 5) is 2.60. The number of benzene rings is 1. The van der Waals surface area contributed by atoms with Crippen molar-refractivity contribution in [2.45, 2.75) is 31.7 Å². The van der Waals surface area contributed by atoms with Crippen LogP contribution in [0, 0.1) is 5.92 Å². The fourth-order valence-electron chi connectivity index (χ4n) is 3.37. The number of aliphatic hydroxyl groups excluding tert-OH is 1. The smallest absolute Gasteiger partial charge is 0.0471 e. The third-order valence-corrected chi connectivity index (χ3v) is 4.35. The van der Waals surface area contributed by atoms with Gasteiger partial charge in [0.05, 0.1) is 0 Å². The first-order valence-corrected chi connectivity index (χ1v) is 6.78. The van der Waals surface area contributed by atoms with E-state index >= 15 is 0 Å². The molecule has 0 amide bonds. The summed E-state index contributed by atoms with van der Waals surface area (Å²) in [5.74, 6) is 0.507. The van der Waals surface area contributed by atoms with Crippen LogP contribution >= 0.6 is 0 Å². The number of piperidine rings is 1. The van der Waals surface area contributed by atoms with Gasteiger partial charge in [0.25, 0.3) is 0 Å². The first kappa shape index (κ1) is 11.2. The van der Waals surface area contributed by atoms with Crippen LogP contribution in [0.3, 0.4) is 0 Å². The van der Waals surface area contributed by atoms with Gasteiger partial charge in [-0.1, -0.05) is 24.3 Å². The van der Waals surface area contributed by atoms with E-state index in [-0.39, 0.29) is 0 Å². The summed E-state index contributed by atoms with van der Waals surface area (Å²) in [5.41, 5.74) is 3.06. The summed E-state index contributed by atoms with van der Waals surface area (Å²) in [6.07, 6.45) is 4.85. The fourth-order valence-corrected chi connectivity index (χ4v) is 3.37. The molecule has 1 aromatic carbocycles. The summed E-state index contributed by atoms with van der Waals surface area (Å²) in [6.45, 7) is 2.67. The lowest BCUT2D eigenvalue weighted by Gasteiger charge is -2.36. The Morgan fingerprint density at radius 3 is 2.53 bits per heavy atom. The zero-order chi connectivity index (χ0) is 11.7. The normalized spacial score (nSPS) is 26.1. The van der Waals surface area contributed by atoms with Crippen molar-refractivity contribution < 1.29 is 5.11 Å². The van der Waals surface area contributed by atoms with Crippen LogP contribution in [-0.2, 0) is 12.8 Å². The molecule has 1 fully saturated rings. The Morgan fingerprint density at radius 1 is 1.18 bits per heavy atom. The minimum absolute atomic E-state index is 0.357. The molecule has 1 N–H and O–H groups in total. The molecule has 1 heterocycles. The Kier molecular flexibility index (Phi) is 3.17. The van der Waals surface area contributed by atoms with Crippen molar-refractivity contribution >= 4 is 0 Å². The van der Waals surface area contributed by atoms with Gasteiger partial charge >= 0.3 is 0 Å². The van der Waals surface area contributed by atoms with Crippen molar-refractivity contribution in [2.75, 3.05) is 19.7 Å². The number of likely N-dealkylation sites (tertiary alicyclic amines) is 1. The van der Waals surface area contributed by atoms with E-state index in [1.807, 2.05) is 0 Å². The largest absolute Gasteiger partial charge is 0.396 e. The van der Waals surface area contributed by atoms with Crippen LogP contribution in [0.15, 0.2) is 24.3 Å². The lowest BCUT2D eigenvalue weighted by Crippen LogP contribution is -2.44. The quantitative estimate of drug-likeness (QED) is 0.840. The van der Waals surface area contributed by atoms with E-state index in [1.165, 1.54) is 43.4 Å². The highest BCUT2D eigenvalue weighted by atomic mass is 16.3. The number of nitrogens with zero attached hydrogens (tertiary/aromatic N) is 1. The monoisotopic (exact) mass is 231 g/mol. The molecular weight excluding hydrogens is 210 g/mol. The molecule has 1 aromatic rings. The second-order valence-corrected chi connectivity index (χ2v) is 5.52. The molecule has 92 valence electrons. The Bertz CT molecular complexity index is 365. The molecule has 17 heavy (non-hydrogen) atoms. The van der Waals surface area contributed by atoms with E-state index < -0.39 is 0 Å². The average Bonchev–Trinajstić information content (AvgIpc) is 2.82. The van der Waals surface area contributed by atoms with Gasteiger partial charge in [0.2, 0.25) is 0 Å². The SMILES string of the molecule is OC[C@H]1CCCN(C2Cc3ccccc3C2)C1. The van der Waals surface area contributed by atoms with Crippen LogP contribution in [0.2, 0.25) is 0 Å².